The van der Waals surface area contributed by atoms with Crippen molar-refractivity contribution < 1.29 is 4.79 Å². The van der Waals surface area contributed by atoms with Crippen LogP contribution in [0.1, 0.15) is 24.0 Å². The summed E-state index contributed by atoms with van der Waals surface area (Å²) in [6.45, 7) is 1.49. The molecule has 0 amide bonds. The Balaban J connectivity index is 1.86. The number of nitrogen functional groups attached to an aromatic ring is 1. The normalized spacial score (nSPS) is 15.0. The summed E-state index contributed by atoms with van der Waals surface area (Å²) in [4.78, 5) is 30.4. The molecule has 1 aromatic heterocycles. The first-order chi connectivity index (χ1) is 16.1. The van der Waals surface area contributed by atoms with Gasteiger partial charge in [-0.2, -0.15) is 10.1 Å². The van der Waals surface area contributed by atoms with Crippen LogP contribution in [0, 0.1) is 0 Å². The maximum absolute atomic E-state index is 13.2. The molecule has 7 nitrogen and oxygen atoms in total. The quantitative estimate of drug-likeness (QED) is 0.522. The minimum atomic E-state index is -0.568. The van der Waals surface area contributed by atoms with E-state index >= 15 is 0 Å². The maximum Gasteiger partial charge on any atom is 0.355 e. The third-order valence-electron chi connectivity index (χ3n) is 5.63. The van der Waals surface area contributed by atoms with Gasteiger partial charge in [-0.1, -0.05) is 66.7 Å². The van der Waals surface area contributed by atoms with E-state index in [9.17, 15) is 9.59 Å². The fourth-order valence-electron chi connectivity index (χ4n) is 4.15. The number of Topliss-reactive ketones (excluding diaryl/α,β-unsaturated/α-hetero) is 1. The molecule has 0 radical (unpaired) electrons. The summed E-state index contributed by atoms with van der Waals surface area (Å²) >= 11 is 0. The number of hydrazone groups is 1. The second-order valence-corrected chi connectivity index (χ2v) is 7.72. The molecule has 0 aliphatic carbocycles. The van der Waals surface area contributed by atoms with Gasteiger partial charge < -0.3 is 5.73 Å². The Bertz CT molecular complexity index is 1410. The lowest BCUT2D eigenvalue weighted by Crippen LogP contribution is -2.37. The van der Waals surface area contributed by atoms with Crippen molar-refractivity contribution >= 4 is 28.8 Å². The van der Waals surface area contributed by atoms with E-state index in [0.717, 1.165) is 5.56 Å². The third-order valence-corrected chi connectivity index (χ3v) is 5.63. The predicted octanol–water partition coefficient (Wildman–Crippen LogP) is 4.04. The van der Waals surface area contributed by atoms with Crippen molar-refractivity contribution in [2.75, 3.05) is 10.7 Å². The van der Waals surface area contributed by atoms with E-state index in [2.05, 4.69) is 10.1 Å². The molecule has 1 aliphatic heterocycles. The SMILES string of the molecule is CC(=O)C1=NN(c2ccccc2)c2nc(=O)n(-c3ccccc3)c(N)c2C1c1ccccc1. The van der Waals surface area contributed by atoms with E-state index in [1.54, 1.807) is 12.1 Å². The number of anilines is 3. The van der Waals surface area contributed by atoms with Gasteiger partial charge in [0.25, 0.3) is 0 Å². The number of nitrogens with zero attached hydrogens (tertiary/aromatic N) is 4. The highest BCUT2D eigenvalue weighted by atomic mass is 16.1. The van der Waals surface area contributed by atoms with Gasteiger partial charge in [0.15, 0.2) is 11.6 Å². The molecule has 1 aliphatic rings. The molecule has 7 heteroatoms. The van der Waals surface area contributed by atoms with Gasteiger partial charge in [0, 0.05) is 6.92 Å². The van der Waals surface area contributed by atoms with Crippen LogP contribution in [-0.4, -0.2) is 21.0 Å². The van der Waals surface area contributed by atoms with Crippen LogP contribution in [0.15, 0.2) is 101 Å². The number of fused-ring (bicyclic) bond motifs is 1. The number of ketones is 1. The van der Waals surface area contributed by atoms with Crippen LogP contribution < -0.4 is 16.4 Å². The van der Waals surface area contributed by atoms with Crippen molar-refractivity contribution in [3.8, 4) is 5.69 Å². The molecule has 4 aromatic rings. The lowest BCUT2D eigenvalue weighted by molar-refractivity contribution is -0.111. The van der Waals surface area contributed by atoms with Crippen LogP contribution in [0.25, 0.3) is 5.69 Å². The first-order valence-electron chi connectivity index (χ1n) is 10.5. The fourth-order valence-corrected chi connectivity index (χ4v) is 4.15. The minimum Gasteiger partial charge on any atom is -0.384 e. The summed E-state index contributed by atoms with van der Waals surface area (Å²) < 4.78 is 1.38. The number of nitrogens with two attached hydrogens (primary N) is 1. The summed E-state index contributed by atoms with van der Waals surface area (Å²) in [6.07, 6.45) is 0. The van der Waals surface area contributed by atoms with Gasteiger partial charge in [0.2, 0.25) is 0 Å². The van der Waals surface area contributed by atoms with Gasteiger partial charge in [-0.05, 0) is 29.8 Å². The van der Waals surface area contributed by atoms with E-state index in [1.807, 2.05) is 78.9 Å². The molecule has 0 saturated carbocycles. The average Bonchev–Trinajstić information content (AvgIpc) is 2.85. The third kappa shape index (κ3) is 3.49. The van der Waals surface area contributed by atoms with Crippen molar-refractivity contribution in [3.05, 3.63) is 113 Å². The van der Waals surface area contributed by atoms with Gasteiger partial charge in [-0.3, -0.25) is 4.79 Å². The number of hydrogen-bond acceptors (Lipinski definition) is 6. The Morgan fingerprint density at radius 3 is 1.97 bits per heavy atom. The summed E-state index contributed by atoms with van der Waals surface area (Å²) in [5.41, 5.74) is 9.17. The van der Waals surface area contributed by atoms with Crippen LogP contribution in [0.2, 0.25) is 0 Å². The van der Waals surface area contributed by atoms with Crippen LogP contribution in [0.5, 0.6) is 0 Å². The fraction of sp³-hybridized carbons (Fsp3) is 0.0769. The van der Waals surface area contributed by atoms with Crippen molar-refractivity contribution in [3.63, 3.8) is 0 Å². The average molecular weight is 435 g/mol. The van der Waals surface area contributed by atoms with Gasteiger partial charge in [-0.25, -0.2) is 14.4 Å². The second-order valence-electron chi connectivity index (χ2n) is 7.72. The van der Waals surface area contributed by atoms with Crippen LogP contribution in [0.4, 0.5) is 17.3 Å². The maximum atomic E-state index is 13.2. The predicted molar refractivity (Wildman–Crippen MR) is 129 cm³/mol. The van der Waals surface area contributed by atoms with Gasteiger partial charge in [0.1, 0.15) is 11.5 Å². The number of aromatic nitrogens is 2. The van der Waals surface area contributed by atoms with Crippen LogP contribution in [0.3, 0.4) is 0 Å². The standard InChI is InChI=1S/C26H21N5O2/c1-17(32)23-21(18-11-5-2-6-12-18)22-24(27)30(19-13-7-3-8-14-19)26(33)28-25(22)31(29-23)20-15-9-4-10-16-20/h2-16,21H,27H2,1H3. The Morgan fingerprint density at radius 2 is 1.39 bits per heavy atom. The lowest BCUT2D eigenvalue weighted by atomic mass is 9.84. The Hall–Kier alpha value is -4.52. The number of carbonyl (C=O) groups excluding carboxylic acids is 1. The number of benzene rings is 3. The summed E-state index contributed by atoms with van der Waals surface area (Å²) in [7, 11) is 0. The smallest absolute Gasteiger partial charge is 0.355 e. The summed E-state index contributed by atoms with van der Waals surface area (Å²) in [6, 6.07) is 27.9. The highest BCUT2D eigenvalue weighted by molar-refractivity contribution is 6.42. The molecular weight excluding hydrogens is 414 g/mol. The monoisotopic (exact) mass is 435 g/mol. The Kier molecular flexibility index (Phi) is 5.06. The molecule has 2 N–H and O–H groups in total. The van der Waals surface area contributed by atoms with Crippen molar-refractivity contribution in [2.24, 2.45) is 5.10 Å². The van der Waals surface area contributed by atoms with E-state index < -0.39 is 11.6 Å². The molecule has 0 saturated heterocycles. The number of para-hydroxylation sites is 2. The first-order valence-corrected chi connectivity index (χ1v) is 10.5. The highest BCUT2D eigenvalue weighted by Crippen LogP contribution is 2.42. The van der Waals surface area contributed by atoms with Gasteiger partial charge in [0.05, 0.1) is 22.9 Å². The van der Waals surface area contributed by atoms with Crippen LogP contribution in [-0.2, 0) is 4.79 Å². The molecule has 1 atom stereocenters. The van der Waals surface area contributed by atoms with Gasteiger partial charge >= 0.3 is 5.69 Å². The molecule has 3 aromatic carbocycles. The molecule has 162 valence electrons. The van der Waals surface area contributed by atoms with Gasteiger partial charge in [-0.15, -0.1) is 0 Å². The molecule has 5 rings (SSSR count). The zero-order valence-corrected chi connectivity index (χ0v) is 17.9. The lowest BCUT2D eigenvalue weighted by Gasteiger charge is -2.33. The molecule has 2 heterocycles. The Morgan fingerprint density at radius 1 is 0.848 bits per heavy atom. The molecule has 1 unspecified atom stereocenters. The van der Waals surface area contributed by atoms with Crippen LogP contribution >= 0.6 is 0 Å². The molecule has 0 spiro atoms. The highest BCUT2D eigenvalue weighted by Gasteiger charge is 2.37. The van der Waals surface area contributed by atoms with E-state index in [0.29, 0.717) is 28.5 Å². The summed E-state index contributed by atoms with van der Waals surface area (Å²) in [5, 5.41) is 6.20. The first kappa shape index (κ1) is 20.4. The second kappa shape index (κ2) is 8.20. The summed E-state index contributed by atoms with van der Waals surface area (Å²) in [5.74, 6) is -0.219. The minimum absolute atomic E-state index is 0.188. The zero-order valence-electron chi connectivity index (χ0n) is 17.9. The Labute approximate surface area is 190 Å². The number of carbonyl (C=O) groups is 1. The zero-order chi connectivity index (χ0) is 22.9. The molecule has 0 bridgehead atoms. The number of hydrogen-bond donors (Lipinski definition) is 1. The molecular formula is C26H21N5O2. The van der Waals surface area contributed by atoms with E-state index in [-0.39, 0.29) is 11.6 Å². The topological polar surface area (TPSA) is 93.6 Å². The number of rotatable bonds is 4. The van der Waals surface area contributed by atoms with Crippen molar-refractivity contribution in [2.45, 2.75) is 12.8 Å². The van der Waals surface area contributed by atoms with E-state index in [1.165, 1.54) is 16.5 Å². The van der Waals surface area contributed by atoms with E-state index in [4.69, 9.17) is 5.73 Å². The molecule has 33 heavy (non-hydrogen) atoms. The molecule has 0 fully saturated rings. The largest absolute Gasteiger partial charge is 0.384 e. The van der Waals surface area contributed by atoms with Crippen molar-refractivity contribution in [1.82, 2.24) is 9.55 Å². The van der Waals surface area contributed by atoms with Crippen molar-refractivity contribution in [1.29, 1.82) is 0 Å².